The molecular weight excluding hydrogens is 1190 g/mol. The Morgan fingerprint density at radius 1 is 0.632 bits per heavy atom. The Morgan fingerprint density at radius 2 is 1.09 bits per heavy atom. The predicted octanol–water partition coefficient (Wildman–Crippen LogP) is 8.89. The summed E-state index contributed by atoms with van der Waals surface area (Å²) in [6.07, 6.45) is 22.9. The van der Waals surface area contributed by atoms with Gasteiger partial charge in [0.15, 0.2) is 22.9 Å². The highest BCUT2D eigenvalue weighted by Crippen LogP contribution is 2.31. The highest BCUT2D eigenvalue weighted by Gasteiger charge is 2.28. The average molecular weight is 1270 g/mol. The summed E-state index contributed by atoms with van der Waals surface area (Å²) in [6, 6.07) is 4.46. The van der Waals surface area contributed by atoms with Crippen molar-refractivity contribution in [2.24, 2.45) is 11.8 Å². The van der Waals surface area contributed by atoms with Crippen molar-refractivity contribution in [2.75, 3.05) is 63.0 Å². The van der Waals surface area contributed by atoms with Gasteiger partial charge in [0.25, 0.3) is 0 Å². The Hall–Kier alpha value is -6.81. The Kier molecular flexibility index (Phi) is 21.6. The summed E-state index contributed by atoms with van der Waals surface area (Å²) in [6.45, 7) is 23.7. The first-order valence-corrected chi connectivity index (χ1v) is 31.5. The third kappa shape index (κ3) is 17.1. The number of hydrogen-bond acceptors (Lipinski definition) is 19. The van der Waals surface area contributed by atoms with Crippen LogP contribution in [0.15, 0.2) is 61.7 Å². The number of anilines is 4. The second-order valence-corrected chi connectivity index (χ2v) is 26.1. The number of likely N-dealkylation sites (tertiary alicyclic amines) is 3. The van der Waals surface area contributed by atoms with E-state index in [1.807, 2.05) is 74.4 Å². The van der Waals surface area contributed by atoms with Crippen LogP contribution in [0.1, 0.15) is 109 Å². The fourth-order valence-electron chi connectivity index (χ4n) is 11.8. The van der Waals surface area contributed by atoms with E-state index in [2.05, 4.69) is 91.3 Å². The van der Waals surface area contributed by atoms with Crippen LogP contribution in [-0.4, -0.2) is 160 Å². The van der Waals surface area contributed by atoms with Gasteiger partial charge in [0.2, 0.25) is 11.8 Å². The molecule has 8 aromatic rings. The molecule has 0 radical (unpaired) electrons. The summed E-state index contributed by atoms with van der Waals surface area (Å²) in [5, 5.41) is 27.2. The number of aryl methyl sites for hydroxylation is 2. The first-order valence-electron chi connectivity index (χ1n) is 29.9. The number of carbonyl (C=O) groups excluding carboxylic acids is 3. The molecule has 4 aliphatic heterocycles. The van der Waals surface area contributed by atoms with Crippen LogP contribution >= 0.6 is 47.9 Å². The lowest BCUT2D eigenvalue weighted by Crippen LogP contribution is -2.48. The zero-order valence-corrected chi connectivity index (χ0v) is 54.0. The van der Waals surface area contributed by atoms with E-state index >= 15 is 0 Å². The van der Waals surface area contributed by atoms with Gasteiger partial charge in [0.1, 0.15) is 28.7 Å². The molecule has 24 nitrogen and oxygen atoms in total. The molecule has 87 heavy (non-hydrogen) atoms. The number of ether oxygens (including phenoxy) is 1. The standard InChI is InChI=1S/C32H44N10O3S.C27H36N10OS.2ClH/c1-21-7-6-10-39(16-21)19-25-13-28(46-38-25)37-29-30-33-15-26(42(30)17-22(2)35-29)23-14-34-41(18-23)20-27(43)36-24-8-11-40(12-9-24)31(44)45-32(3,4)5;1-18-4-3-9-35(13-18)16-22-10-25(39-34-22)33-26-27-29-12-23(37(27)14-19(2)31-26)20-11-30-36(15-20)17-24(38)32-21-5-7-28-8-6-21;;/h13-15,17-18,21,24H,6-12,16,19-20H2,1-5H3,(H,35,37)(H,36,43);10-12,14-15,18,21,28H,3-9,13,16-17H2,1-2H3,(H,31,33)(H,32,38);2*1H. The molecule has 3 amide bonds. The van der Waals surface area contributed by atoms with E-state index in [-0.39, 0.29) is 67.9 Å². The molecule has 4 fully saturated rings. The number of carbonyl (C=O) groups is 3. The highest BCUT2D eigenvalue weighted by molar-refractivity contribution is 7.10. The van der Waals surface area contributed by atoms with E-state index in [9.17, 15) is 14.4 Å². The first-order chi connectivity index (χ1) is 41.0. The van der Waals surface area contributed by atoms with Crippen LogP contribution in [-0.2, 0) is 40.5 Å². The molecule has 0 bridgehead atoms. The van der Waals surface area contributed by atoms with E-state index < -0.39 is 5.60 Å². The van der Waals surface area contributed by atoms with Crippen molar-refractivity contribution in [1.82, 2.24) is 87.7 Å². The molecule has 0 spiro atoms. The van der Waals surface area contributed by atoms with Crippen molar-refractivity contribution in [3.63, 3.8) is 0 Å². The number of amides is 3. The number of piperidine rings is 4. The van der Waals surface area contributed by atoms with Gasteiger partial charge in [-0.05, 0) is 159 Å². The van der Waals surface area contributed by atoms with Gasteiger partial charge in [0, 0.05) is 87.3 Å². The molecule has 2 unspecified atom stereocenters. The van der Waals surface area contributed by atoms with Gasteiger partial charge >= 0.3 is 6.09 Å². The van der Waals surface area contributed by atoms with Crippen LogP contribution in [0, 0.1) is 25.7 Å². The Bertz CT molecular complexity index is 3590. The van der Waals surface area contributed by atoms with E-state index in [1.165, 1.54) is 48.7 Å². The second kappa shape index (κ2) is 29.0. The number of fused-ring (bicyclic) bond motifs is 2. The number of hydrogen-bond donors (Lipinski definition) is 5. The molecule has 5 N–H and O–H groups in total. The molecule has 0 saturated carbocycles. The number of rotatable bonds is 16. The van der Waals surface area contributed by atoms with Crippen LogP contribution < -0.4 is 26.6 Å². The van der Waals surface area contributed by atoms with Gasteiger partial charge in [-0.3, -0.25) is 37.6 Å². The molecule has 12 heterocycles. The molecule has 8 aromatic heterocycles. The summed E-state index contributed by atoms with van der Waals surface area (Å²) >= 11 is 2.89. The number of nitrogens with zero attached hydrogens (tertiary/aromatic N) is 15. The second-order valence-electron chi connectivity index (χ2n) is 24.5. The van der Waals surface area contributed by atoms with Gasteiger partial charge in [0.05, 0.1) is 59.0 Å². The van der Waals surface area contributed by atoms with Gasteiger partial charge in [-0.25, -0.2) is 24.7 Å². The van der Waals surface area contributed by atoms with Crippen molar-refractivity contribution in [3.8, 4) is 22.5 Å². The van der Waals surface area contributed by atoms with Crippen LogP contribution in [0.3, 0.4) is 0 Å². The van der Waals surface area contributed by atoms with Crippen molar-refractivity contribution >= 4 is 98.7 Å². The number of aromatic nitrogens is 12. The van der Waals surface area contributed by atoms with E-state index in [0.717, 1.165) is 138 Å². The summed E-state index contributed by atoms with van der Waals surface area (Å²) in [5.74, 6) is 2.71. The van der Waals surface area contributed by atoms with Gasteiger partial charge < -0.3 is 36.2 Å². The van der Waals surface area contributed by atoms with E-state index in [1.54, 1.807) is 32.9 Å². The molecule has 12 rings (SSSR count). The number of nitrogens with one attached hydrogen (secondary N) is 5. The molecule has 0 aromatic carbocycles. The van der Waals surface area contributed by atoms with E-state index in [0.29, 0.717) is 43.2 Å². The maximum Gasteiger partial charge on any atom is 0.410 e. The molecule has 468 valence electrons. The predicted molar refractivity (Wildman–Crippen MR) is 344 cm³/mol. The third-order valence-corrected chi connectivity index (χ3v) is 17.3. The van der Waals surface area contributed by atoms with Crippen molar-refractivity contribution in [2.45, 2.75) is 144 Å². The Morgan fingerprint density at radius 3 is 1.54 bits per heavy atom. The quantitative estimate of drug-likeness (QED) is 0.0605. The third-order valence-electron chi connectivity index (χ3n) is 15.8. The number of imidazole rings is 2. The SMILES string of the molecule is Cc1cn2c(-c3cnn(CC(=O)NC4CCN(C(=O)OC(C)(C)C)CC4)c3)cnc2c(Nc2cc(CN3CCCC(C)C3)ns2)n1.Cc1cn2c(-c3cnn(CC(=O)NC4CCNCC4)c3)cnc2c(Nc2cc(CN3CCCC(C)C3)ns2)n1.Cl.Cl. The summed E-state index contributed by atoms with van der Waals surface area (Å²) in [4.78, 5) is 63.3. The topological polar surface area (TPSA) is 252 Å². The normalized spacial score (nSPS) is 18.1. The fourth-order valence-corrected chi connectivity index (χ4v) is 13.1. The Labute approximate surface area is 528 Å². The minimum absolute atomic E-state index is 0. The molecule has 4 aliphatic rings. The Balaban J connectivity index is 0.000000205. The number of halogens is 2. The lowest BCUT2D eigenvalue weighted by Gasteiger charge is -2.33. The van der Waals surface area contributed by atoms with Crippen LogP contribution in [0.25, 0.3) is 33.8 Å². The summed E-state index contributed by atoms with van der Waals surface area (Å²) < 4.78 is 22.2. The average Bonchev–Trinajstić information content (AvgIpc) is 2.55. The van der Waals surface area contributed by atoms with Crippen LogP contribution in [0.5, 0.6) is 0 Å². The largest absolute Gasteiger partial charge is 0.444 e. The van der Waals surface area contributed by atoms with E-state index in [4.69, 9.17) is 14.7 Å². The maximum atomic E-state index is 12.9. The lowest BCUT2D eigenvalue weighted by molar-refractivity contribution is -0.123. The lowest BCUT2D eigenvalue weighted by atomic mass is 10.0. The molecule has 28 heteroatoms. The van der Waals surface area contributed by atoms with Crippen LogP contribution in [0.2, 0.25) is 0 Å². The summed E-state index contributed by atoms with van der Waals surface area (Å²) in [5.41, 5.74) is 8.24. The highest BCUT2D eigenvalue weighted by atomic mass is 35.5. The molecule has 0 aliphatic carbocycles. The van der Waals surface area contributed by atoms with Crippen molar-refractivity contribution < 1.29 is 19.1 Å². The maximum absolute atomic E-state index is 12.9. The summed E-state index contributed by atoms with van der Waals surface area (Å²) in [7, 11) is 0. The van der Waals surface area contributed by atoms with Gasteiger partial charge in [-0.1, -0.05) is 13.8 Å². The fraction of sp³-hybridized carbons (Fsp3) is 0.542. The molecule has 2 atom stereocenters. The van der Waals surface area contributed by atoms with Gasteiger partial charge in [-0.15, -0.1) is 24.8 Å². The van der Waals surface area contributed by atoms with Crippen molar-refractivity contribution in [1.29, 1.82) is 0 Å². The monoisotopic (exact) mass is 1270 g/mol. The molecular formula is C59H82Cl2N20O4S2. The molecule has 4 saturated heterocycles. The first kappa shape index (κ1) is 64.7. The zero-order chi connectivity index (χ0) is 59.2. The van der Waals surface area contributed by atoms with Crippen molar-refractivity contribution in [3.05, 3.63) is 84.5 Å². The zero-order valence-electron chi connectivity index (χ0n) is 50.7. The van der Waals surface area contributed by atoms with Crippen LogP contribution in [0.4, 0.5) is 26.4 Å². The minimum Gasteiger partial charge on any atom is -0.444 e. The smallest absolute Gasteiger partial charge is 0.410 e. The minimum atomic E-state index is -0.527. The van der Waals surface area contributed by atoms with Gasteiger partial charge in [-0.2, -0.15) is 18.9 Å².